The first-order valence-corrected chi connectivity index (χ1v) is 13.0. The Labute approximate surface area is 241 Å². The third-order valence-electron chi connectivity index (χ3n) is 6.23. The van der Waals surface area contributed by atoms with Gasteiger partial charge in [0.1, 0.15) is 12.2 Å². The number of amides is 4. The van der Waals surface area contributed by atoms with Gasteiger partial charge in [-0.25, -0.2) is 14.5 Å². The van der Waals surface area contributed by atoms with E-state index in [1.54, 1.807) is 49.4 Å². The Morgan fingerprint density at radius 2 is 1.80 bits per heavy atom. The number of nitrogens with zero attached hydrogens (tertiary/aromatic N) is 1. The number of benzene rings is 3. The molecule has 41 heavy (non-hydrogen) atoms. The van der Waals surface area contributed by atoms with Crippen molar-refractivity contribution in [3.05, 3.63) is 106 Å². The van der Waals surface area contributed by atoms with Gasteiger partial charge in [0.05, 0.1) is 17.9 Å². The number of allylic oxidation sites excluding steroid dienone is 1. The number of imide groups is 2. The second-order valence-electron chi connectivity index (χ2n) is 9.11. The van der Waals surface area contributed by atoms with E-state index in [4.69, 9.17) is 26.2 Å². The number of rotatable bonds is 10. The van der Waals surface area contributed by atoms with Crippen LogP contribution in [0.15, 0.2) is 72.8 Å². The maximum absolute atomic E-state index is 13.5. The molecule has 210 valence electrons. The van der Waals surface area contributed by atoms with Crippen LogP contribution in [-0.4, -0.2) is 35.5 Å². The van der Waals surface area contributed by atoms with E-state index in [1.165, 1.54) is 24.3 Å². The molecule has 4 rings (SSSR count). The summed E-state index contributed by atoms with van der Waals surface area (Å²) in [6, 6.07) is 13.6. The summed E-state index contributed by atoms with van der Waals surface area (Å²) in [6.07, 6.45) is 3.45. The molecule has 3 aromatic carbocycles. The Morgan fingerprint density at radius 3 is 2.46 bits per heavy atom. The number of ether oxygens (including phenoxy) is 2. The molecule has 3 aromatic rings. The van der Waals surface area contributed by atoms with Gasteiger partial charge in [0.25, 0.3) is 11.8 Å². The van der Waals surface area contributed by atoms with Crippen LogP contribution in [0.1, 0.15) is 39.5 Å². The van der Waals surface area contributed by atoms with Crippen LogP contribution in [0.4, 0.5) is 10.5 Å². The van der Waals surface area contributed by atoms with E-state index in [0.29, 0.717) is 46.2 Å². The lowest BCUT2D eigenvalue weighted by molar-refractivity contribution is -0.122. The summed E-state index contributed by atoms with van der Waals surface area (Å²) < 4.78 is 12.0. The van der Waals surface area contributed by atoms with Crippen molar-refractivity contribution < 1.29 is 33.8 Å². The number of anilines is 1. The monoisotopic (exact) mass is 574 g/mol. The molecule has 0 aliphatic carbocycles. The molecule has 1 aliphatic heterocycles. The van der Waals surface area contributed by atoms with Crippen LogP contribution in [0.3, 0.4) is 0 Å². The van der Waals surface area contributed by atoms with E-state index >= 15 is 0 Å². The zero-order chi connectivity index (χ0) is 29.7. The Kier molecular flexibility index (Phi) is 8.89. The zero-order valence-electron chi connectivity index (χ0n) is 22.4. The molecule has 0 atom stereocenters. The molecule has 0 aromatic heterocycles. The number of barbiturate groups is 1. The average Bonchev–Trinajstić information content (AvgIpc) is 2.93. The van der Waals surface area contributed by atoms with Gasteiger partial charge in [0, 0.05) is 10.6 Å². The second-order valence-corrected chi connectivity index (χ2v) is 9.55. The van der Waals surface area contributed by atoms with Gasteiger partial charge >= 0.3 is 12.0 Å². The fraction of sp³-hybridized carbons (Fsp3) is 0.161. The van der Waals surface area contributed by atoms with Crippen LogP contribution in [-0.2, 0) is 22.6 Å². The van der Waals surface area contributed by atoms with Gasteiger partial charge in [-0.1, -0.05) is 35.9 Å². The summed E-state index contributed by atoms with van der Waals surface area (Å²) in [7, 11) is 0. The first-order chi connectivity index (χ1) is 19.6. The van der Waals surface area contributed by atoms with E-state index in [1.807, 2.05) is 6.92 Å². The number of carbonyl (C=O) groups excluding carboxylic acids is 3. The van der Waals surface area contributed by atoms with E-state index in [0.717, 1.165) is 10.5 Å². The van der Waals surface area contributed by atoms with Crippen molar-refractivity contribution in [1.29, 1.82) is 0 Å². The summed E-state index contributed by atoms with van der Waals surface area (Å²) in [5, 5.41) is 11.7. The highest BCUT2D eigenvalue weighted by molar-refractivity contribution is 6.39. The van der Waals surface area contributed by atoms with Gasteiger partial charge in [0.15, 0.2) is 11.5 Å². The molecule has 0 radical (unpaired) electrons. The van der Waals surface area contributed by atoms with Crippen LogP contribution in [0.25, 0.3) is 6.08 Å². The van der Waals surface area contributed by atoms with Crippen LogP contribution < -0.4 is 19.7 Å². The molecular weight excluding hydrogens is 548 g/mol. The quantitative estimate of drug-likeness (QED) is 0.180. The molecule has 1 saturated heterocycles. The number of urea groups is 1. The number of carbonyl (C=O) groups is 4. The zero-order valence-corrected chi connectivity index (χ0v) is 23.2. The lowest BCUT2D eigenvalue weighted by Gasteiger charge is -2.27. The molecule has 9 nitrogen and oxygen atoms in total. The van der Waals surface area contributed by atoms with E-state index in [2.05, 4.69) is 11.9 Å². The second kappa shape index (κ2) is 12.5. The fourth-order valence-electron chi connectivity index (χ4n) is 4.27. The maximum Gasteiger partial charge on any atom is 0.335 e. The minimum Gasteiger partial charge on any atom is -0.490 e. The number of carboxylic acids is 1. The number of halogens is 1. The Morgan fingerprint density at radius 1 is 1.07 bits per heavy atom. The summed E-state index contributed by atoms with van der Waals surface area (Å²) in [4.78, 5) is 50.9. The van der Waals surface area contributed by atoms with Crippen molar-refractivity contribution >= 4 is 47.2 Å². The van der Waals surface area contributed by atoms with E-state index in [-0.39, 0.29) is 23.4 Å². The van der Waals surface area contributed by atoms with Crippen molar-refractivity contribution in [2.45, 2.75) is 26.9 Å². The van der Waals surface area contributed by atoms with Gasteiger partial charge in [-0.05, 0) is 79.4 Å². The number of aromatic carboxylic acids is 1. The lowest BCUT2D eigenvalue weighted by Crippen LogP contribution is -2.54. The number of aryl methyl sites for hydroxylation is 1. The minimum absolute atomic E-state index is 0.140. The molecule has 0 saturated carbocycles. The van der Waals surface area contributed by atoms with E-state index in [9.17, 15) is 19.2 Å². The van der Waals surface area contributed by atoms with Crippen molar-refractivity contribution in [3.63, 3.8) is 0 Å². The SMILES string of the molecule is C=CCc1cc(/C=C2\C(=O)NC(=O)N(c3cc(Cl)ccc3C)C2=O)cc(OCC)c1OCc1ccc(C(=O)O)cc1. The average molecular weight is 575 g/mol. The highest BCUT2D eigenvalue weighted by Gasteiger charge is 2.37. The highest BCUT2D eigenvalue weighted by atomic mass is 35.5. The Hall–Kier alpha value is -4.89. The van der Waals surface area contributed by atoms with Crippen molar-refractivity contribution in [1.82, 2.24) is 5.32 Å². The van der Waals surface area contributed by atoms with Gasteiger partial charge in [-0.15, -0.1) is 6.58 Å². The molecule has 0 unspecified atom stereocenters. The molecule has 10 heteroatoms. The third-order valence-corrected chi connectivity index (χ3v) is 6.46. The normalized spacial score (nSPS) is 14.2. The van der Waals surface area contributed by atoms with Gasteiger partial charge < -0.3 is 14.6 Å². The predicted octanol–water partition coefficient (Wildman–Crippen LogP) is 5.72. The molecule has 0 bridgehead atoms. The topological polar surface area (TPSA) is 122 Å². The molecule has 2 N–H and O–H groups in total. The lowest BCUT2D eigenvalue weighted by atomic mass is 10.0. The van der Waals surface area contributed by atoms with Crippen LogP contribution >= 0.6 is 11.6 Å². The molecule has 1 heterocycles. The van der Waals surface area contributed by atoms with Gasteiger partial charge in [-0.3, -0.25) is 14.9 Å². The minimum atomic E-state index is -1.02. The largest absolute Gasteiger partial charge is 0.490 e. The standard InChI is InChI=1S/C31H27ClN2O7/c1-4-6-22-13-20(15-26(40-5-2)27(22)41-17-19-8-10-21(11-9-19)30(37)38)14-24-28(35)33-31(39)34(29(24)36)25-16-23(32)12-7-18(25)3/h4,7-16H,1,5-6,17H2,2-3H3,(H,37,38)(H,33,35,39)/b24-14+. The van der Waals surface area contributed by atoms with Gasteiger partial charge in [0.2, 0.25) is 0 Å². The summed E-state index contributed by atoms with van der Waals surface area (Å²) in [6.45, 7) is 7.80. The fourth-order valence-corrected chi connectivity index (χ4v) is 4.43. The summed E-state index contributed by atoms with van der Waals surface area (Å²) >= 11 is 6.11. The number of hydrogen-bond donors (Lipinski definition) is 2. The predicted molar refractivity (Wildman–Crippen MR) is 154 cm³/mol. The Bertz CT molecular complexity index is 1580. The molecule has 0 spiro atoms. The van der Waals surface area contributed by atoms with Crippen molar-refractivity contribution in [2.24, 2.45) is 0 Å². The molecular formula is C31H27ClN2O7. The van der Waals surface area contributed by atoms with Crippen LogP contribution in [0.2, 0.25) is 5.02 Å². The summed E-state index contributed by atoms with van der Waals surface area (Å²) in [5.41, 5.74) is 2.71. The molecule has 4 amide bonds. The number of carboxylic acid groups (broad SMARTS) is 1. The van der Waals surface area contributed by atoms with E-state index < -0.39 is 23.8 Å². The van der Waals surface area contributed by atoms with Crippen molar-refractivity contribution in [2.75, 3.05) is 11.5 Å². The molecule has 1 aliphatic rings. The van der Waals surface area contributed by atoms with Crippen LogP contribution in [0.5, 0.6) is 11.5 Å². The molecule has 1 fully saturated rings. The summed E-state index contributed by atoms with van der Waals surface area (Å²) in [5.74, 6) is -1.82. The first kappa shape index (κ1) is 29.1. The number of nitrogens with one attached hydrogen (secondary N) is 1. The van der Waals surface area contributed by atoms with Gasteiger partial charge in [-0.2, -0.15) is 0 Å². The number of hydrogen-bond acceptors (Lipinski definition) is 6. The highest BCUT2D eigenvalue weighted by Crippen LogP contribution is 2.36. The maximum atomic E-state index is 13.5. The Balaban J connectivity index is 1.71. The third kappa shape index (κ3) is 6.47. The van der Waals surface area contributed by atoms with Crippen LogP contribution in [0, 0.1) is 6.92 Å². The van der Waals surface area contributed by atoms with Crippen molar-refractivity contribution in [3.8, 4) is 11.5 Å². The first-order valence-electron chi connectivity index (χ1n) is 12.7. The smallest absolute Gasteiger partial charge is 0.335 e.